The van der Waals surface area contributed by atoms with Crippen LogP contribution < -0.4 is 0 Å². The summed E-state index contributed by atoms with van der Waals surface area (Å²) < 4.78 is 15.0. The summed E-state index contributed by atoms with van der Waals surface area (Å²) in [6.07, 6.45) is 17.2. The summed E-state index contributed by atoms with van der Waals surface area (Å²) in [6.45, 7) is 3.84. The first-order chi connectivity index (χ1) is 11.7. The number of hydrogen-bond donors (Lipinski definition) is 0. The van der Waals surface area contributed by atoms with Gasteiger partial charge < -0.3 is 0 Å². The Morgan fingerprint density at radius 2 is 1.46 bits per heavy atom. The van der Waals surface area contributed by atoms with Crippen LogP contribution in [-0.4, -0.2) is 11.5 Å². The Kier molecular flexibility index (Phi) is 7.07. The van der Waals surface area contributed by atoms with Gasteiger partial charge in [-0.2, -0.15) is 0 Å². The van der Waals surface area contributed by atoms with E-state index in [2.05, 4.69) is 6.58 Å². The SMILES string of the molecule is C=CCCC1CCC(C2CCC(C3CCC(Cl)CC3)CC2F)CC1. The molecule has 2 heteroatoms. The fourth-order valence-electron chi connectivity index (χ4n) is 5.94. The molecule has 3 fully saturated rings. The molecule has 0 amide bonds. The summed E-state index contributed by atoms with van der Waals surface area (Å²) in [4.78, 5) is 0. The van der Waals surface area contributed by atoms with Gasteiger partial charge in [0.15, 0.2) is 0 Å². The average Bonchev–Trinajstić information content (AvgIpc) is 2.61. The minimum absolute atomic E-state index is 0.367. The highest BCUT2D eigenvalue weighted by Crippen LogP contribution is 2.47. The topological polar surface area (TPSA) is 0 Å². The maximum absolute atomic E-state index is 15.0. The summed E-state index contributed by atoms with van der Waals surface area (Å²) >= 11 is 6.24. The summed E-state index contributed by atoms with van der Waals surface area (Å²) in [5.74, 6) is 3.31. The van der Waals surface area contributed by atoms with E-state index in [9.17, 15) is 4.39 Å². The van der Waals surface area contributed by atoms with Gasteiger partial charge in [-0.3, -0.25) is 0 Å². The van der Waals surface area contributed by atoms with Gasteiger partial charge in [-0.25, -0.2) is 4.39 Å². The van der Waals surface area contributed by atoms with Crippen LogP contribution in [0.1, 0.15) is 83.5 Å². The van der Waals surface area contributed by atoms with Gasteiger partial charge in [-0.1, -0.05) is 18.9 Å². The largest absolute Gasteiger partial charge is 0.247 e. The molecule has 0 nitrogen and oxygen atoms in total. The summed E-state index contributed by atoms with van der Waals surface area (Å²) in [7, 11) is 0. The molecule has 0 N–H and O–H groups in total. The monoisotopic (exact) mass is 354 g/mol. The lowest BCUT2D eigenvalue weighted by Crippen LogP contribution is -2.36. The minimum Gasteiger partial charge on any atom is -0.247 e. The van der Waals surface area contributed by atoms with Crippen molar-refractivity contribution in [2.45, 2.75) is 95.0 Å². The lowest BCUT2D eigenvalue weighted by Gasteiger charge is -2.42. The van der Waals surface area contributed by atoms with E-state index in [0.29, 0.717) is 23.1 Å². The zero-order valence-corrected chi connectivity index (χ0v) is 16.0. The van der Waals surface area contributed by atoms with Crippen molar-refractivity contribution in [2.75, 3.05) is 0 Å². The van der Waals surface area contributed by atoms with Crippen molar-refractivity contribution in [2.24, 2.45) is 29.6 Å². The van der Waals surface area contributed by atoms with Crippen LogP contribution >= 0.6 is 11.6 Å². The molecule has 0 spiro atoms. The Balaban J connectivity index is 1.44. The van der Waals surface area contributed by atoms with Crippen LogP contribution in [0.15, 0.2) is 12.7 Å². The predicted molar refractivity (Wildman–Crippen MR) is 102 cm³/mol. The second kappa shape index (κ2) is 9.06. The third kappa shape index (κ3) is 4.77. The highest BCUT2D eigenvalue weighted by molar-refractivity contribution is 6.20. The molecule has 0 heterocycles. The standard InChI is InChI=1S/C22H36ClF/c1-2-3-4-16-5-7-18(8-6-16)21-14-11-19(15-22(21)24)17-9-12-20(23)13-10-17/h2,16-22H,1,3-15H2. The van der Waals surface area contributed by atoms with E-state index < -0.39 is 6.17 Å². The molecule has 3 atom stereocenters. The molecule has 0 aromatic rings. The summed E-state index contributed by atoms with van der Waals surface area (Å²) in [5.41, 5.74) is 0. The van der Waals surface area contributed by atoms with Crippen molar-refractivity contribution < 1.29 is 4.39 Å². The second-order valence-electron chi connectivity index (χ2n) is 8.91. The third-order valence-electron chi connectivity index (χ3n) is 7.51. The molecular formula is C22H36ClF. The summed E-state index contributed by atoms with van der Waals surface area (Å²) in [6, 6.07) is 0. The number of hydrogen-bond acceptors (Lipinski definition) is 0. The molecule has 0 radical (unpaired) electrons. The number of alkyl halides is 2. The second-order valence-corrected chi connectivity index (χ2v) is 9.53. The Morgan fingerprint density at radius 1 is 0.833 bits per heavy atom. The molecule has 0 aromatic carbocycles. The first-order valence-electron chi connectivity index (χ1n) is 10.6. The van der Waals surface area contributed by atoms with Crippen molar-refractivity contribution in [1.82, 2.24) is 0 Å². The Morgan fingerprint density at radius 3 is 2.08 bits per heavy atom. The number of allylic oxidation sites excluding steroid dienone is 1. The van der Waals surface area contributed by atoms with Crippen LogP contribution in [0, 0.1) is 29.6 Å². The fourth-order valence-corrected chi connectivity index (χ4v) is 6.19. The van der Waals surface area contributed by atoms with E-state index in [1.54, 1.807) is 0 Å². The van der Waals surface area contributed by atoms with Gasteiger partial charge in [0, 0.05) is 5.38 Å². The molecule has 0 aromatic heterocycles. The molecule has 0 aliphatic heterocycles. The zero-order chi connectivity index (χ0) is 16.9. The normalized spacial score (nSPS) is 44.2. The molecule has 3 unspecified atom stereocenters. The zero-order valence-electron chi connectivity index (χ0n) is 15.3. The minimum atomic E-state index is -0.535. The number of halogens is 2. The van der Waals surface area contributed by atoms with Crippen molar-refractivity contribution in [1.29, 1.82) is 0 Å². The van der Waals surface area contributed by atoms with Crippen LogP contribution in [-0.2, 0) is 0 Å². The van der Waals surface area contributed by atoms with E-state index in [1.165, 1.54) is 51.4 Å². The lowest BCUT2D eigenvalue weighted by molar-refractivity contribution is 0.0364. The van der Waals surface area contributed by atoms with Gasteiger partial charge >= 0.3 is 0 Å². The van der Waals surface area contributed by atoms with Crippen LogP contribution in [0.2, 0.25) is 0 Å². The molecule has 3 rings (SSSR count). The Bertz CT molecular complexity index is 379. The van der Waals surface area contributed by atoms with Crippen molar-refractivity contribution in [3.05, 3.63) is 12.7 Å². The van der Waals surface area contributed by atoms with E-state index in [1.807, 2.05) is 6.08 Å². The quantitative estimate of drug-likeness (QED) is 0.358. The van der Waals surface area contributed by atoms with Crippen LogP contribution in [0.5, 0.6) is 0 Å². The Hall–Kier alpha value is -0.0400. The van der Waals surface area contributed by atoms with Gasteiger partial charge in [-0.15, -0.1) is 18.2 Å². The molecule has 0 bridgehead atoms. The van der Waals surface area contributed by atoms with Gasteiger partial charge in [-0.05, 0) is 100 Å². The van der Waals surface area contributed by atoms with Gasteiger partial charge in [0.25, 0.3) is 0 Å². The molecule has 138 valence electrons. The van der Waals surface area contributed by atoms with Crippen LogP contribution in [0.3, 0.4) is 0 Å². The molecule has 3 aliphatic carbocycles. The first kappa shape index (κ1) is 18.7. The molecule has 3 saturated carbocycles. The van der Waals surface area contributed by atoms with E-state index >= 15 is 0 Å². The number of rotatable bonds is 5. The van der Waals surface area contributed by atoms with Crippen molar-refractivity contribution in [3.63, 3.8) is 0 Å². The fraction of sp³-hybridized carbons (Fsp3) is 0.909. The lowest BCUT2D eigenvalue weighted by atomic mass is 9.64. The molecular weight excluding hydrogens is 319 g/mol. The van der Waals surface area contributed by atoms with Crippen LogP contribution in [0.25, 0.3) is 0 Å². The van der Waals surface area contributed by atoms with Gasteiger partial charge in [0.05, 0.1) is 0 Å². The van der Waals surface area contributed by atoms with Gasteiger partial charge in [0.1, 0.15) is 6.17 Å². The highest BCUT2D eigenvalue weighted by atomic mass is 35.5. The predicted octanol–water partition coefficient (Wildman–Crippen LogP) is 7.31. The average molecular weight is 355 g/mol. The van der Waals surface area contributed by atoms with E-state index in [0.717, 1.165) is 43.9 Å². The van der Waals surface area contributed by atoms with E-state index in [-0.39, 0.29) is 0 Å². The maximum Gasteiger partial charge on any atom is 0.103 e. The highest BCUT2D eigenvalue weighted by Gasteiger charge is 2.39. The Labute approximate surface area is 153 Å². The molecule has 24 heavy (non-hydrogen) atoms. The molecule has 0 saturated heterocycles. The van der Waals surface area contributed by atoms with Gasteiger partial charge in [0.2, 0.25) is 0 Å². The van der Waals surface area contributed by atoms with Crippen molar-refractivity contribution in [3.8, 4) is 0 Å². The molecule has 3 aliphatic rings. The van der Waals surface area contributed by atoms with Crippen molar-refractivity contribution >= 4 is 11.6 Å². The van der Waals surface area contributed by atoms with Crippen LogP contribution in [0.4, 0.5) is 4.39 Å². The third-order valence-corrected chi connectivity index (χ3v) is 7.94. The summed E-state index contributed by atoms with van der Waals surface area (Å²) in [5, 5.41) is 0.384. The smallest absolute Gasteiger partial charge is 0.103 e. The first-order valence-corrected chi connectivity index (χ1v) is 11.0. The van der Waals surface area contributed by atoms with E-state index in [4.69, 9.17) is 11.6 Å². The maximum atomic E-state index is 15.0.